The molecule has 7 nitrogen and oxygen atoms in total. The van der Waals surface area contributed by atoms with Crippen LogP contribution >= 0.6 is 0 Å². The Morgan fingerprint density at radius 1 is 1.00 bits per heavy atom. The third kappa shape index (κ3) is 4.24. The largest absolute Gasteiger partial charge is 0.339 e. The Labute approximate surface area is 159 Å². The summed E-state index contributed by atoms with van der Waals surface area (Å²) in [5.74, 6) is 0.321. The molecule has 1 aromatic heterocycles. The second-order valence-corrected chi connectivity index (χ2v) is 6.89. The first-order valence-corrected chi connectivity index (χ1v) is 9.09. The van der Waals surface area contributed by atoms with E-state index in [0.717, 1.165) is 16.9 Å². The maximum absolute atomic E-state index is 12.9. The quantitative estimate of drug-likeness (QED) is 0.902. The zero-order valence-corrected chi connectivity index (χ0v) is 16.2. The van der Waals surface area contributed by atoms with Crippen LogP contribution in [0.1, 0.15) is 34.2 Å². The van der Waals surface area contributed by atoms with Gasteiger partial charge in [-0.2, -0.15) is 0 Å². The number of hydrogen-bond acceptors (Lipinski definition) is 5. The second kappa shape index (κ2) is 7.73. The molecule has 2 heterocycles. The molecule has 1 N–H and O–H groups in total. The zero-order valence-electron chi connectivity index (χ0n) is 16.2. The molecule has 0 bridgehead atoms. The highest BCUT2D eigenvalue weighted by atomic mass is 16.2. The molecule has 2 aromatic rings. The summed E-state index contributed by atoms with van der Waals surface area (Å²) < 4.78 is 0. The molecule has 3 rings (SSSR count). The van der Waals surface area contributed by atoms with Crippen LogP contribution in [-0.4, -0.2) is 57.8 Å². The fourth-order valence-corrected chi connectivity index (χ4v) is 3.13. The van der Waals surface area contributed by atoms with Gasteiger partial charge in [-0.3, -0.25) is 9.59 Å². The molecule has 7 heteroatoms. The lowest BCUT2D eigenvalue weighted by atomic mass is 10.1. The number of aryl methyl sites for hydroxylation is 2. The van der Waals surface area contributed by atoms with E-state index < -0.39 is 0 Å². The summed E-state index contributed by atoms with van der Waals surface area (Å²) in [6, 6.07) is 7.69. The number of benzene rings is 1. The van der Waals surface area contributed by atoms with Gasteiger partial charge < -0.3 is 15.1 Å². The number of anilines is 2. The van der Waals surface area contributed by atoms with Crippen LogP contribution in [0, 0.1) is 20.8 Å². The number of nitrogens with one attached hydrogen (secondary N) is 1. The molecule has 0 aliphatic carbocycles. The van der Waals surface area contributed by atoms with Crippen molar-refractivity contribution in [2.45, 2.75) is 27.7 Å². The van der Waals surface area contributed by atoms with Crippen molar-refractivity contribution in [2.24, 2.45) is 0 Å². The van der Waals surface area contributed by atoms with Crippen LogP contribution in [0.2, 0.25) is 0 Å². The molecule has 0 spiro atoms. The minimum Gasteiger partial charge on any atom is -0.339 e. The first kappa shape index (κ1) is 18.8. The van der Waals surface area contributed by atoms with E-state index in [0.29, 0.717) is 37.8 Å². The molecule has 1 aliphatic rings. The highest BCUT2D eigenvalue weighted by molar-refractivity contribution is 5.93. The highest BCUT2D eigenvalue weighted by Crippen LogP contribution is 2.21. The van der Waals surface area contributed by atoms with Gasteiger partial charge in [-0.25, -0.2) is 9.97 Å². The summed E-state index contributed by atoms with van der Waals surface area (Å²) >= 11 is 0. The summed E-state index contributed by atoms with van der Waals surface area (Å²) in [5, 5.41) is 3.23. The van der Waals surface area contributed by atoms with Gasteiger partial charge >= 0.3 is 0 Å². The molecular weight excluding hydrogens is 342 g/mol. The maximum atomic E-state index is 12.9. The topological polar surface area (TPSA) is 78.4 Å². The fraction of sp³-hybridized carbons (Fsp3) is 0.400. The third-order valence-electron chi connectivity index (χ3n) is 4.94. The Kier molecular flexibility index (Phi) is 5.39. The predicted molar refractivity (Wildman–Crippen MR) is 104 cm³/mol. The van der Waals surface area contributed by atoms with Crippen molar-refractivity contribution in [3.05, 3.63) is 46.8 Å². The van der Waals surface area contributed by atoms with Gasteiger partial charge in [-0.05, 0) is 44.0 Å². The first-order valence-electron chi connectivity index (χ1n) is 9.09. The number of carbonyl (C=O) groups excluding carboxylic acids is 2. The van der Waals surface area contributed by atoms with Crippen molar-refractivity contribution in [3.8, 4) is 0 Å². The van der Waals surface area contributed by atoms with E-state index in [9.17, 15) is 9.59 Å². The molecule has 1 aromatic carbocycles. The summed E-state index contributed by atoms with van der Waals surface area (Å²) in [4.78, 5) is 36.7. The fourth-order valence-electron chi connectivity index (χ4n) is 3.13. The third-order valence-corrected chi connectivity index (χ3v) is 4.94. The molecule has 0 atom stereocenters. The van der Waals surface area contributed by atoms with Crippen molar-refractivity contribution in [2.75, 3.05) is 31.5 Å². The molecule has 27 heavy (non-hydrogen) atoms. The Balaban J connectivity index is 1.78. The van der Waals surface area contributed by atoms with E-state index >= 15 is 0 Å². The Morgan fingerprint density at radius 3 is 2.33 bits per heavy atom. The molecule has 142 valence electrons. The average Bonchev–Trinajstić information content (AvgIpc) is 2.64. The number of nitrogens with zero attached hydrogens (tertiary/aromatic N) is 4. The van der Waals surface area contributed by atoms with Crippen LogP contribution < -0.4 is 5.32 Å². The van der Waals surface area contributed by atoms with Gasteiger partial charge in [0, 0.05) is 44.5 Å². The smallest absolute Gasteiger partial charge is 0.272 e. The van der Waals surface area contributed by atoms with Gasteiger partial charge in [0.15, 0.2) is 0 Å². The van der Waals surface area contributed by atoms with E-state index in [1.165, 1.54) is 5.56 Å². The predicted octanol–water partition coefficient (Wildman–Crippen LogP) is 2.45. The highest BCUT2D eigenvalue weighted by Gasteiger charge is 2.24. The summed E-state index contributed by atoms with van der Waals surface area (Å²) in [6.07, 6.45) is 0. The summed E-state index contributed by atoms with van der Waals surface area (Å²) in [5.41, 5.74) is 4.31. The van der Waals surface area contributed by atoms with E-state index in [1.54, 1.807) is 22.8 Å². The van der Waals surface area contributed by atoms with Crippen molar-refractivity contribution < 1.29 is 9.59 Å². The number of rotatable bonds is 3. The minimum atomic E-state index is -0.132. The number of carbonyl (C=O) groups is 2. The van der Waals surface area contributed by atoms with E-state index in [1.807, 2.05) is 39.0 Å². The van der Waals surface area contributed by atoms with Crippen molar-refractivity contribution >= 4 is 23.5 Å². The Morgan fingerprint density at radius 2 is 1.67 bits per heavy atom. The normalized spacial score (nSPS) is 14.2. The standard InChI is InChI=1S/C20H25N5O2/c1-13-6-5-7-17(15(13)3)22-20-21-14(2)12-18(23-20)19(27)25-10-8-24(9-11-25)16(4)26/h5-7,12H,8-11H2,1-4H3,(H,21,22,23). The lowest BCUT2D eigenvalue weighted by molar-refractivity contribution is -0.130. The lowest BCUT2D eigenvalue weighted by Crippen LogP contribution is -2.50. The number of amides is 2. The SMILES string of the molecule is CC(=O)N1CCN(C(=O)c2cc(C)nc(Nc3cccc(C)c3C)n2)CC1. The van der Waals surface area contributed by atoms with Crippen molar-refractivity contribution in [1.82, 2.24) is 19.8 Å². The molecule has 1 saturated heterocycles. The molecule has 0 saturated carbocycles. The summed E-state index contributed by atoms with van der Waals surface area (Å²) in [6.45, 7) is 9.62. The number of hydrogen-bond donors (Lipinski definition) is 1. The second-order valence-electron chi connectivity index (χ2n) is 6.89. The lowest BCUT2D eigenvalue weighted by Gasteiger charge is -2.34. The first-order chi connectivity index (χ1) is 12.8. The monoisotopic (exact) mass is 367 g/mol. The van der Waals surface area contributed by atoms with Crippen molar-refractivity contribution in [1.29, 1.82) is 0 Å². The van der Waals surface area contributed by atoms with Gasteiger partial charge in [0.25, 0.3) is 5.91 Å². The minimum absolute atomic E-state index is 0.0417. The Bertz CT molecular complexity index is 873. The zero-order chi connectivity index (χ0) is 19.6. The van der Waals surface area contributed by atoms with Gasteiger partial charge in [0.05, 0.1) is 0 Å². The molecule has 1 fully saturated rings. The molecule has 0 unspecified atom stereocenters. The van der Waals surface area contributed by atoms with Crippen LogP contribution in [0.15, 0.2) is 24.3 Å². The van der Waals surface area contributed by atoms with Crippen LogP contribution in [-0.2, 0) is 4.79 Å². The van der Waals surface area contributed by atoms with Crippen LogP contribution in [0.3, 0.4) is 0 Å². The van der Waals surface area contributed by atoms with Gasteiger partial charge in [-0.1, -0.05) is 12.1 Å². The average molecular weight is 367 g/mol. The van der Waals surface area contributed by atoms with Gasteiger partial charge in [0.2, 0.25) is 11.9 Å². The maximum Gasteiger partial charge on any atom is 0.272 e. The Hall–Kier alpha value is -2.96. The van der Waals surface area contributed by atoms with E-state index in [4.69, 9.17) is 0 Å². The molecule has 0 radical (unpaired) electrons. The van der Waals surface area contributed by atoms with Gasteiger partial charge in [0.1, 0.15) is 5.69 Å². The summed E-state index contributed by atoms with van der Waals surface area (Å²) in [7, 11) is 0. The van der Waals surface area contributed by atoms with Crippen LogP contribution in [0.5, 0.6) is 0 Å². The number of piperazine rings is 1. The molecular formula is C20H25N5O2. The number of aromatic nitrogens is 2. The van der Waals surface area contributed by atoms with E-state index in [2.05, 4.69) is 15.3 Å². The van der Waals surface area contributed by atoms with Gasteiger partial charge in [-0.15, -0.1) is 0 Å². The van der Waals surface area contributed by atoms with Crippen LogP contribution in [0.25, 0.3) is 0 Å². The molecule has 2 amide bonds. The van der Waals surface area contributed by atoms with Crippen molar-refractivity contribution in [3.63, 3.8) is 0 Å². The molecule has 1 aliphatic heterocycles. The van der Waals surface area contributed by atoms with E-state index in [-0.39, 0.29) is 11.8 Å². The van der Waals surface area contributed by atoms with Crippen LogP contribution in [0.4, 0.5) is 11.6 Å².